The van der Waals surface area contributed by atoms with E-state index in [-0.39, 0.29) is 35.8 Å². The molecule has 1 aromatic heterocycles. The molecule has 0 amide bonds. The van der Waals surface area contributed by atoms with Crippen LogP contribution in [0.5, 0.6) is 0 Å². The van der Waals surface area contributed by atoms with Crippen molar-refractivity contribution in [2.75, 3.05) is 25.6 Å². The summed E-state index contributed by atoms with van der Waals surface area (Å²) in [5.41, 5.74) is 2.49. The van der Waals surface area contributed by atoms with Crippen LogP contribution < -0.4 is 10.6 Å². The van der Waals surface area contributed by atoms with Crippen LogP contribution in [0, 0.1) is 0 Å². The maximum atomic E-state index is 11.2. The molecule has 0 radical (unpaired) electrons. The minimum absolute atomic E-state index is 0. The Labute approximate surface area is 173 Å². The number of sulfone groups is 1. The number of hydrogen-bond donors (Lipinski definition) is 3. The van der Waals surface area contributed by atoms with Gasteiger partial charge in [0.2, 0.25) is 0 Å². The molecule has 26 heavy (non-hydrogen) atoms. The first kappa shape index (κ1) is 22.8. The van der Waals surface area contributed by atoms with E-state index in [2.05, 4.69) is 45.0 Å². The summed E-state index contributed by atoms with van der Waals surface area (Å²) in [6, 6.07) is 8.36. The van der Waals surface area contributed by atoms with Crippen molar-refractivity contribution in [3.05, 3.63) is 36.0 Å². The summed E-state index contributed by atoms with van der Waals surface area (Å²) in [7, 11) is -1.21. The average molecular weight is 492 g/mol. The number of guanidine groups is 1. The van der Waals surface area contributed by atoms with Gasteiger partial charge < -0.3 is 15.6 Å². The monoisotopic (exact) mass is 492 g/mol. The molecule has 146 valence electrons. The van der Waals surface area contributed by atoms with Crippen molar-refractivity contribution < 1.29 is 8.42 Å². The largest absolute Gasteiger partial charge is 0.361 e. The molecule has 1 aromatic carbocycles. The molecule has 8 heteroatoms. The molecule has 1 atom stereocenters. The van der Waals surface area contributed by atoms with Crippen LogP contribution in [-0.4, -0.2) is 51.0 Å². The number of halogens is 1. The molecule has 3 N–H and O–H groups in total. The van der Waals surface area contributed by atoms with Gasteiger partial charge in [0.05, 0.1) is 5.75 Å². The van der Waals surface area contributed by atoms with E-state index in [0.717, 1.165) is 19.4 Å². The van der Waals surface area contributed by atoms with Crippen LogP contribution in [0.25, 0.3) is 10.9 Å². The van der Waals surface area contributed by atoms with Crippen molar-refractivity contribution in [1.82, 2.24) is 15.6 Å². The number of aromatic amines is 1. The quantitative estimate of drug-likeness (QED) is 0.229. The van der Waals surface area contributed by atoms with E-state index in [0.29, 0.717) is 12.4 Å². The van der Waals surface area contributed by atoms with Gasteiger partial charge in [-0.3, -0.25) is 4.99 Å². The fourth-order valence-electron chi connectivity index (χ4n) is 2.72. The Morgan fingerprint density at radius 3 is 2.73 bits per heavy atom. The van der Waals surface area contributed by atoms with Crippen molar-refractivity contribution in [2.24, 2.45) is 4.99 Å². The Morgan fingerprint density at radius 1 is 1.31 bits per heavy atom. The summed E-state index contributed by atoms with van der Waals surface area (Å²) in [5, 5.41) is 7.80. The van der Waals surface area contributed by atoms with E-state index in [1.807, 2.05) is 13.0 Å². The fraction of sp³-hybridized carbons (Fsp3) is 0.500. The Hall–Kier alpha value is -1.29. The SMILES string of the molecule is CN=C(NCCCc1c[nH]c2ccccc12)NC(C)CCS(C)(=O)=O.I. The maximum Gasteiger partial charge on any atom is 0.191 e. The second kappa shape index (κ2) is 10.8. The van der Waals surface area contributed by atoms with Gasteiger partial charge in [0, 0.05) is 43.0 Å². The van der Waals surface area contributed by atoms with Crippen molar-refractivity contribution in [1.29, 1.82) is 0 Å². The van der Waals surface area contributed by atoms with Gasteiger partial charge in [-0.05, 0) is 37.8 Å². The molecule has 0 spiro atoms. The van der Waals surface area contributed by atoms with E-state index in [4.69, 9.17) is 0 Å². The number of fused-ring (bicyclic) bond motifs is 1. The van der Waals surface area contributed by atoms with Crippen LogP contribution in [-0.2, 0) is 16.3 Å². The lowest BCUT2D eigenvalue weighted by molar-refractivity contribution is 0.580. The number of hydrogen-bond acceptors (Lipinski definition) is 3. The van der Waals surface area contributed by atoms with Gasteiger partial charge in [-0.1, -0.05) is 18.2 Å². The van der Waals surface area contributed by atoms with Gasteiger partial charge in [-0.2, -0.15) is 0 Å². The Bertz CT molecular complexity index is 817. The Morgan fingerprint density at radius 2 is 2.04 bits per heavy atom. The first-order valence-corrected chi connectivity index (χ1v) is 10.6. The lowest BCUT2D eigenvalue weighted by Gasteiger charge is -2.17. The molecule has 2 aromatic rings. The molecule has 0 aliphatic carbocycles. The number of nitrogens with one attached hydrogen (secondary N) is 3. The van der Waals surface area contributed by atoms with Crippen molar-refractivity contribution in [3.8, 4) is 0 Å². The van der Waals surface area contributed by atoms with Crippen LogP contribution in [0.4, 0.5) is 0 Å². The summed E-state index contributed by atoms with van der Waals surface area (Å²) in [4.78, 5) is 7.49. The summed E-state index contributed by atoms with van der Waals surface area (Å²) in [5.74, 6) is 0.888. The number of aryl methyl sites for hydroxylation is 1. The third-order valence-electron chi connectivity index (χ3n) is 4.12. The van der Waals surface area contributed by atoms with Crippen molar-refractivity contribution in [3.63, 3.8) is 0 Å². The number of aliphatic imine (C=N–C) groups is 1. The van der Waals surface area contributed by atoms with Crippen LogP contribution >= 0.6 is 24.0 Å². The molecule has 0 saturated carbocycles. The van der Waals surface area contributed by atoms with E-state index < -0.39 is 9.84 Å². The fourth-order valence-corrected chi connectivity index (χ4v) is 3.50. The summed E-state index contributed by atoms with van der Waals surface area (Å²) in [6.07, 6.45) is 5.87. The number of H-pyrrole nitrogens is 1. The highest BCUT2D eigenvalue weighted by atomic mass is 127. The lowest BCUT2D eigenvalue weighted by Crippen LogP contribution is -2.43. The molecule has 1 heterocycles. The molecule has 1 unspecified atom stereocenters. The van der Waals surface area contributed by atoms with Gasteiger partial charge in [-0.25, -0.2) is 8.42 Å². The first-order chi connectivity index (χ1) is 11.9. The van der Waals surface area contributed by atoms with Crippen LogP contribution in [0.15, 0.2) is 35.5 Å². The topological polar surface area (TPSA) is 86.3 Å². The zero-order valence-electron chi connectivity index (χ0n) is 15.6. The molecule has 0 bridgehead atoms. The second-order valence-corrected chi connectivity index (χ2v) is 8.69. The van der Waals surface area contributed by atoms with Crippen LogP contribution in [0.1, 0.15) is 25.3 Å². The maximum absolute atomic E-state index is 11.2. The molecule has 0 aliphatic rings. The molecule has 0 saturated heterocycles. The zero-order valence-corrected chi connectivity index (χ0v) is 18.7. The normalized spacial score (nSPS) is 13.3. The van der Waals surface area contributed by atoms with Crippen molar-refractivity contribution >= 4 is 50.7 Å². The zero-order chi connectivity index (χ0) is 18.3. The Balaban J connectivity index is 0.00000338. The van der Waals surface area contributed by atoms with Gasteiger partial charge in [0.25, 0.3) is 0 Å². The highest BCUT2D eigenvalue weighted by molar-refractivity contribution is 14.0. The van der Waals surface area contributed by atoms with Gasteiger partial charge in [-0.15, -0.1) is 24.0 Å². The van der Waals surface area contributed by atoms with E-state index >= 15 is 0 Å². The number of para-hydroxylation sites is 1. The molecule has 0 fully saturated rings. The summed E-state index contributed by atoms with van der Waals surface area (Å²) >= 11 is 0. The Kier molecular flexibility index (Phi) is 9.42. The predicted molar refractivity (Wildman–Crippen MR) is 120 cm³/mol. The highest BCUT2D eigenvalue weighted by Crippen LogP contribution is 2.18. The molecular weight excluding hydrogens is 463 g/mol. The predicted octanol–water partition coefficient (Wildman–Crippen LogP) is 2.71. The molecule has 0 aliphatic heterocycles. The van der Waals surface area contributed by atoms with E-state index in [1.165, 1.54) is 22.7 Å². The third-order valence-corrected chi connectivity index (χ3v) is 5.10. The first-order valence-electron chi connectivity index (χ1n) is 8.59. The van der Waals surface area contributed by atoms with Crippen LogP contribution in [0.3, 0.4) is 0 Å². The minimum atomic E-state index is -2.93. The average Bonchev–Trinajstić information content (AvgIpc) is 2.98. The number of benzene rings is 1. The lowest BCUT2D eigenvalue weighted by atomic mass is 10.1. The number of rotatable bonds is 8. The minimum Gasteiger partial charge on any atom is -0.361 e. The summed E-state index contributed by atoms with van der Waals surface area (Å²) in [6.45, 7) is 2.77. The van der Waals surface area contributed by atoms with Crippen molar-refractivity contribution in [2.45, 2.75) is 32.2 Å². The smallest absolute Gasteiger partial charge is 0.191 e. The highest BCUT2D eigenvalue weighted by Gasteiger charge is 2.09. The van der Waals surface area contributed by atoms with Gasteiger partial charge in [0.1, 0.15) is 9.84 Å². The number of nitrogens with zero attached hydrogens (tertiary/aromatic N) is 1. The second-order valence-electron chi connectivity index (χ2n) is 6.43. The summed E-state index contributed by atoms with van der Waals surface area (Å²) < 4.78 is 22.5. The van der Waals surface area contributed by atoms with Gasteiger partial charge in [0.15, 0.2) is 5.96 Å². The van der Waals surface area contributed by atoms with E-state index in [9.17, 15) is 8.42 Å². The van der Waals surface area contributed by atoms with Gasteiger partial charge >= 0.3 is 0 Å². The standard InChI is InChI=1S/C18H28N4O2S.HI/c1-14(10-12-25(3,23)24)22-18(19-2)20-11-6-7-15-13-21-17-9-5-4-8-16(15)17;/h4-5,8-9,13-14,21H,6-7,10-12H2,1-3H3,(H2,19,20,22);1H. The molecule has 6 nitrogen and oxygen atoms in total. The molecular formula is C18H29IN4O2S. The third kappa shape index (κ3) is 7.53. The van der Waals surface area contributed by atoms with E-state index in [1.54, 1.807) is 7.05 Å². The molecule has 2 rings (SSSR count). The number of aromatic nitrogens is 1. The van der Waals surface area contributed by atoms with Crippen LogP contribution in [0.2, 0.25) is 0 Å².